The Morgan fingerprint density at radius 3 is 2.54 bits per heavy atom. The number of ether oxygens (including phenoxy) is 1. The molecule has 0 saturated carbocycles. The van der Waals surface area contributed by atoms with Crippen LogP contribution in [0, 0.1) is 13.8 Å². The lowest BCUT2D eigenvalue weighted by Crippen LogP contribution is -2.12. The fraction of sp³-hybridized carbons (Fsp3) is 0.455. The van der Waals surface area contributed by atoms with Gasteiger partial charge in [-0.1, -0.05) is 22.0 Å². The molecule has 0 fully saturated rings. The van der Waals surface area contributed by atoms with Gasteiger partial charge in [0.05, 0.1) is 0 Å². The van der Waals surface area contributed by atoms with Crippen LogP contribution in [0.2, 0.25) is 0 Å². The summed E-state index contributed by atoms with van der Waals surface area (Å²) >= 11 is 3.38. The predicted octanol–water partition coefficient (Wildman–Crippen LogP) is 3.47. The topological polar surface area (TPSA) is 9.23 Å². The standard InChI is InChI=1S/C11H15BrO/c1-8-4-5-11(6-9(8)2)13-10(3)7-12/h4-6,10H,7H2,1-3H3. The van der Waals surface area contributed by atoms with Gasteiger partial charge < -0.3 is 4.74 Å². The zero-order chi connectivity index (χ0) is 9.84. The van der Waals surface area contributed by atoms with Crippen molar-refractivity contribution in [3.63, 3.8) is 0 Å². The van der Waals surface area contributed by atoms with Crippen molar-refractivity contribution in [3.05, 3.63) is 29.3 Å². The van der Waals surface area contributed by atoms with Crippen molar-refractivity contribution >= 4 is 15.9 Å². The maximum Gasteiger partial charge on any atom is 0.120 e. The van der Waals surface area contributed by atoms with Gasteiger partial charge in [0.1, 0.15) is 11.9 Å². The average molecular weight is 243 g/mol. The fourth-order valence-electron chi connectivity index (χ4n) is 1.05. The van der Waals surface area contributed by atoms with Gasteiger partial charge in [0.25, 0.3) is 0 Å². The van der Waals surface area contributed by atoms with Crippen molar-refractivity contribution < 1.29 is 4.74 Å². The van der Waals surface area contributed by atoms with Crippen molar-refractivity contribution in [2.24, 2.45) is 0 Å². The second-order valence-electron chi connectivity index (χ2n) is 3.33. The lowest BCUT2D eigenvalue weighted by Gasteiger charge is -2.12. The Hall–Kier alpha value is -0.500. The molecular formula is C11H15BrO. The lowest BCUT2D eigenvalue weighted by atomic mass is 10.1. The van der Waals surface area contributed by atoms with Crippen LogP contribution < -0.4 is 4.74 Å². The number of hydrogen-bond donors (Lipinski definition) is 0. The molecule has 0 aromatic heterocycles. The Labute approximate surface area is 88.2 Å². The minimum atomic E-state index is 0.224. The number of rotatable bonds is 3. The molecule has 1 aromatic rings. The molecule has 1 atom stereocenters. The van der Waals surface area contributed by atoms with Crippen LogP contribution in [0.4, 0.5) is 0 Å². The van der Waals surface area contributed by atoms with Crippen molar-refractivity contribution in [1.29, 1.82) is 0 Å². The van der Waals surface area contributed by atoms with E-state index in [1.54, 1.807) is 0 Å². The summed E-state index contributed by atoms with van der Waals surface area (Å²) in [5, 5.41) is 0.861. The molecule has 2 heteroatoms. The maximum absolute atomic E-state index is 5.65. The second kappa shape index (κ2) is 4.66. The average Bonchev–Trinajstić information content (AvgIpc) is 2.11. The van der Waals surface area contributed by atoms with E-state index in [0.717, 1.165) is 11.1 Å². The first kappa shape index (κ1) is 10.6. The lowest BCUT2D eigenvalue weighted by molar-refractivity contribution is 0.248. The molecule has 0 aliphatic rings. The fourth-order valence-corrected chi connectivity index (χ4v) is 1.18. The Kier molecular flexibility index (Phi) is 3.79. The number of alkyl halides is 1. The molecule has 1 nitrogen and oxygen atoms in total. The van der Waals surface area contributed by atoms with Crippen LogP contribution >= 0.6 is 15.9 Å². The minimum absolute atomic E-state index is 0.224. The molecule has 0 saturated heterocycles. The third-order valence-electron chi connectivity index (χ3n) is 2.03. The molecular weight excluding hydrogens is 228 g/mol. The maximum atomic E-state index is 5.65. The van der Waals surface area contributed by atoms with Crippen LogP contribution in [0.15, 0.2) is 18.2 Å². The first-order chi connectivity index (χ1) is 6.13. The van der Waals surface area contributed by atoms with E-state index in [4.69, 9.17) is 4.74 Å². The summed E-state index contributed by atoms with van der Waals surface area (Å²) in [7, 11) is 0. The van der Waals surface area contributed by atoms with E-state index >= 15 is 0 Å². The Morgan fingerprint density at radius 2 is 2.00 bits per heavy atom. The van der Waals surface area contributed by atoms with E-state index in [1.807, 2.05) is 13.0 Å². The highest BCUT2D eigenvalue weighted by Crippen LogP contribution is 2.17. The summed E-state index contributed by atoms with van der Waals surface area (Å²) in [6.07, 6.45) is 0.224. The molecule has 0 bridgehead atoms. The number of hydrogen-bond acceptors (Lipinski definition) is 1. The highest BCUT2D eigenvalue weighted by atomic mass is 79.9. The zero-order valence-electron chi connectivity index (χ0n) is 8.30. The van der Waals surface area contributed by atoms with E-state index < -0.39 is 0 Å². The van der Waals surface area contributed by atoms with Crippen LogP contribution in [-0.4, -0.2) is 11.4 Å². The van der Waals surface area contributed by atoms with Crippen LogP contribution in [-0.2, 0) is 0 Å². The molecule has 1 unspecified atom stereocenters. The van der Waals surface area contributed by atoms with Crippen LogP contribution in [0.25, 0.3) is 0 Å². The van der Waals surface area contributed by atoms with Crippen molar-refractivity contribution in [2.45, 2.75) is 26.9 Å². The van der Waals surface area contributed by atoms with Gasteiger partial charge in [-0.2, -0.15) is 0 Å². The van der Waals surface area contributed by atoms with E-state index in [2.05, 4.69) is 41.9 Å². The van der Waals surface area contributed by atoms with Gasteiger partial charge >= 0.3 is 0 Å². The summed E-state index contributed by atoms with van der Waals surface area (Å²) in [6.45, 7) is 6.25. The first-order valence-electron chi connectivity index (χ1n) is 4.43. The minimum Gasteiger partial charge on any atom is -0.490 e. The van der Waals surface area contributed by atoms with E-state index in [1.165, 1.54) is 11.1 Å². The molecule has 0 radical (unpaired) electrons. The van der Waals surface area contributed by atoms with Crippen LogP contribution in [0.3, 0.4) is 0 Å². The molecule has 72 valence electrons. The van der Waals surface area contributed by atoms with E-state index in [9.17, 15) is 0 Å². The normalized spacial score (nSPS) is 12.6. The van der Waals surface area contributed by atoms with Gasteiger partial charge in [-0.05, 0) is 44.0 Å². The van der Waals surface area contributed by atoms with Gasteiger partial charge in [-0.15, -0.1) is 0 Å². The summed E-state index contributed by atoms with van der Waals surface area (Å²) in [4.78, 5) is 0. The molecule has 0 aliphatic carbocycles. The summed E-state index contributed by atoms with van der Waals surface area (Å²) in [5.41, 5.74) is 2.58. The number of aryl methyl sites for hydroxylation is 2. The molecule has 13 heavy (non-hydrogen) atoms. The smallest absolute Gasteiger partial charge is 0.120 e. The summed E-state index contributed by atoms with van der Waals surface area (Å²) < 4.78 is 5.65. The van der Waals surface area contributed by atoms with Crippen LogP contribution in [0.5, 0.6) is 5.75 Å². The highest BCUT2D eigenvalue weighted by Gasteiger charge is 2.02. The molecule has 0 aliphatic heterocycles. The van der Waals surface area contributed by atoms with Gasteiger partial charge in [0.2, 0.25) is 0 Å². The van der Waals surface area contributed by atoms with E-state index in [-0.39, 0.29) is 6.10 Å². The Balaban J connectivity index is 2.73. The molecule has 0 N–H and O–H groups in total. The summed E-state index contributed by atoms with van der Waals surface area (Å²) in [6, 6.07) is 6.18. The quantitative estimate of drug-likeness (QED) is 0.738. The molecule has 1 rings (SSSR count). The third kappa shape index (κ3) is 3.03. The van der Waals surface area contributed by atoms with Crippen molar-refractivity contribution in [2.75, 3.05) is 5.33 Å². The number of halogens is 1. The monoisotopic (exact) mass is 242 g/mol. The van der Waals surface area contributed by atoms with Crippen LogP contribution in [0.1, 0.15) is 18.1 Å². The molecule has 0 spiro atoms. The third-order valence-corrected chi connectivity index (χ3v) is 2.94. The van der Waals surface area contributed by atoms with Crippen molar-refractivity contribution in [3.8, 4) is 5.75 Å². The predicted molar refractivity (Wildman–Crippen MR) is 59.8 cm³/mol. The van der Waals surface area contributed by atoms with E-state index in [0.29, 0.717) is 0 Å². The number of benzene rings is 1. The molecule has 0 amide bonds. The first-order valence-corrected chi connectivity index (χ1v) is 5.55. The highest BCUT2D eigenvalue weighted by molar-refractivity contribution is 9.09. The summed E-state index contributed by atoms with van der Waals surface area (Å²) in [5.74, 6) is 0.954. The van der Waals surface area contributed by atoms with Gasteiger partial charge in [0, 0.05) is 5.33 Å². The zero-order valence-corrected chi connectivity index (χ0v) is 9.89. The molecule has 0 heterocycles. The SMILES string of the molecule is Cc1ccc(OC(C)CBr)cc1C. The largest absolute Gasteiger partial charge is 0.490 e. The Bertz CT molecular complexity index is 283. The second-order valence-corrected chi connectivity index (χ2v) is 3.98. The Morgan fingerprint density at radius 1 is 1.31 bits per heavy atom. The molecule has 1 aromatic carbocycles. The van der Waals surface area contributed by atoms with Gasteiger partial charge in [0.15, 0.2) is 0 Å². The van der Waals surface area contributed by atoms with Gasteiger partial charge in [-0.3, -0.25) is 0 Å². The van der Waals surface area contributed by atoms with Crippen molar-refractivity contribution in [1.82, 2.24) is 0 Å². The van der Waals surface area contributed by atoms with Gasteiger partial charge in [-0.25, -0.2) is 0 Å².